The number of benzene rings is 1. The zero-order chi connectivity index (χ0) is 20.5. The molecule has 158 valence electrons. The van der Waals surface area contributed by atoms with Crippen molar-refractivity contribution in [3.63, 3.8) is 0 Å². The van der Waals surface area contributed by atoms with Crippen molar-refractivity contribution in [2.75, 3.05) is 33.8 Å². The Bertz CT molecular complexity index is 758. The van der Waals surface area contributed by atoms with Gasteiger partial charge in [-0.1, -0.05) is 12.1 Å². The van der Waals surface area contributed by atoms with Crippen LogP contribution in [0.4, 0.5) is 0 Å². The van der Waals surface area contributed by atoms with Crippen LogP contribution in [0, 0.1) is 0 Å². The lowest BCUT2D eigenvalue weighted by atomic mass is 10.0. The summed E-state index contributed by atoms with van der Waals surface area (Å²) < 4.78 is 11.4. The fraction of sp³-hybridized carbons (Fsp3) is 0.500. The minimum absolute atomic E-state index is 0.0164. The van der Waals surface area contributed by atoms with Gasteiger partial charge in [0.15, 0.2) is 17.5 Å². The Morgan fingerprint density at radius 2 is 2.00 bits per heavy atom. The molecular formula is C22H32N4O2S. The van der Waals surface area contributed by atoms with E-state index in [1.165, 1.54) is 5.56 Å². The smallest absolute Gasteiger partial charge is 0.191 e. The minimum Gasteiger partial charge on any atom is -0.493 e. The molecule has 0 saturated carbocycles. The van der Waals surface area contributed by atoms with E-state index in [0.29, 0.717) is 12.6 Å². The molecule has 0 aliphatic carbocycles. The number of ether oxygens (including phenoxy) is 2. The van der Waals surface area contributed by atoms with E-state index in [0.717, 1.165) is 49.9 Å². The molecule has 0 spiro atoms. The number of thiophene rings is 1. The Balaban J connectivity index is 1.39. The molecular weight excluding hydrogens is 384 g/mol. The predicted molar refractivity (Wildman–Crippen MR) is 120 cm³/mol. The van der Waals surface area contributed by atoms with Crippen LogP contribution < -0.4 is 20.1 Å². The topological polar surface area (TPSA) is 58.1 Å². The van der Waals surface area contributed by atoms with Crippen molar-refractivity contribution in [3.8, 4) is 11.5 Å². The molecule has 3 rings (SSSR count). The van der Waals surface area contributed by atoms with Crippen LogP contribution in [0.3, 0.4) is 0 Å². The molecule has 1 atom stereocenters. The second kappa shape index (κ2) is 11.1. The third-order valence-corrected chi connectivity index (χ3v) is 5.82. The Morgan fingerprint density at radius 1 is 1.24 bits per heavy atom. The van der Waals surface area contributed by atoms with Gasteiger partial charge in [-0.15, -0.1) is 0 Å². The number of hydrogen-bond acceptors (Lipinski definition) is 5. The third-order valence-electron chi connectivity index (χ3n) is 5.09. The van der Waals surface area contributed by atoms with Crippen molar-refractivity contribution < 1.29 is 9.47 Å². The van der Waals surface area contributed by atoms with E-state index in [1.54, 1.807) is 18.4 Å². The molecule has 29 heavy (non-hydrogen) atoms. The molecule has 7 heteroatoms. The number of aliphatic imine (C=N–C) groups is 1. The van der Waals surface area contributed by atoms with Crippen molar-refractivity contribution in [1.82, 2.24) is 15.5 Å². The van der Waals surface area contributed by atoms with E-state index in [4.69, 9.17) is 9.47 Å². The average Bonchev–Trinajstić information content (AvgIpc) is 3.26. The van der Waals surface area contributed by atoms with Crippen LogP contribution in [0.25, 0.3) is 0 Å². The van der Waals surface area contributed by atoms with Gasteiger partial charge in [-0.3, -0.25) is 9.89 Å². The zero-order valence-corrected chi connectivity index (χ0v) is 18.4. The van der Waals surface area contributed by atoms with Crippen LogP contribution in [-0.4, -0.2) is 56.8 Å². The maximum Gasteiger partial charge on any atom is 0.191 e. The number of guanidine groups is 1. The van der Waals surface area contributed by atoms with E-state index in [9.17, 15) is 0 Å². The number of likely N-dealkylation sites (tertiary alicyclic amines) is 1. The Hall–Kier alpha value is -2.25. The van der Waals surface area contributed by atoms with Crippen molar-refractivity contribution >= 4 is 17.3 Å². The first-order valence-corrected chi connectivity index (χ1v) is 11.1. The largest absolute Gasteiger partial charge is 0.493 e. The van der Waals surface area contributed by atoms with E-state index in [1.807, 2.05) is 38.2 Å². The number of piperidine rings is 1. The first kappa shape index (κ1) is 21.5. The van der Waals surface area contributed by atoms with E-state index < -0.39 is 0 Å². The highest BCUT2D eigenvalue weighted by Gasteiger charge is 2.20. The zero-order valence-electron chi connectivity index (χ0n) is 17.6. The number of hydrogen-bond donors (Lipinski definition) is 2. The van der Waals surface area contributed by atoms with Crippen molar-refractivity contribution in [2.24, 2.45) is 4.99 Å². The molecule has 2 heterocycles. The first-order valence-electron chi connectivity index (χ1n) is 10.2. The molecule has 1 aromatic heterocycles. The molecule has 1 saturated heterocycles. The third kappa shape index (κ3) is 6.65. The number of para-hydroxylation sites is 2. The van der Waals surface area contributed by atoms with Crippen molar-refractivity contribution in [2.45, 2.75) is 38.5 Å². The van der Waals surface area contributed by atoms with E-state index >= 15 is 0 Å². The lowest BCUT2D eigenvalue weighted by molar-refractivity contribution is 0.197. The normalized spacial score (nSPS) is 17.0. The van der Waals surface area contributed by atoms with Crippen molar-refractivity contribution in [1.29, 1.82) is 0 Å². The van der Waals surface area contributed by atoms with Crippen LogP contribution >= 0.6 is 11.3 Å². The number of nitrogens with one attached hydrogen (secondary N) is 2. The van der Waals surface area contributed by atoms with Crippen LogP contribution in [-0.2, 0) is 6.54 Å². The summed E-state index contributed by atoms with van der Waals surface area (Å²) in [5.74, 6) is 2.33. The number of methoxy groups -OCH3 is 1. The number of nitrogens with zero attached hydrogens (tertiary/aromatic N) is 2. The van der Waals surface area contributed by atoms with Gasteiger partial charge in [0.1, 0.15) is 6.10 Å². The van der Waals surface area contributed by atoms with Crippen molar-refractivity contribution in [3.05, 3.63) is 46.7 Å². The molecule has 0 bridgehead atoms. The molecule has 1 fully saturated rings. The summed E-state index contributed by atoms with van der Waals surface area (Å²) in [6.45, 7) is 5.97. The second-order valence-corrected chi connectivity index (χ2v) is 8.14. The fourth-order valence-corrected chi connectivity index (χ4v) is 4.14. The maximum absolute atomic E-state index is 6.01. The summed E-state index contributed by atoms with van der Waals surface area (Å²) in [7, 11) is 3.47. The number of rotatable bonds is 8. The summed E-state index contributed by atoms with van der Waals surface area (Å²) in [6.07, 6.45) is 2.23. The Morgan fingerprint density at radius 3 is 2.66 bits per heavy atom. The Kier molecular flexibility index (Phi) is 8.19. The Labute approximate surface area is 177 Å². The highest BCUT2D eigenvalue weighted by molar-refractivity contribution is 7.07. The molecule has 1 aromatic carbocycles. The van der Waals surface area contributed by atoms with Crippen LogP contribution in [0.2, 0.25) is 0 Å². The van der Waals surface area contributed by atoms with Gasteiger partial charge in [-0.2, -0.15) is 11.3 Å². The van der Waals surface area contributed by atoms with Gasteiger partial charge in [-0.25, -0.2) is 0 Å². The summed E-state index contributed by atoms with van der Waals surface area (Å²) >= 11 is 1.77. The summed E-state index contributed by atoms with van der Waals surface area (Å²) in [6, 6.07) is 10.4. The van der Waals surface area contributed by atoms with Crippen LogP contribution in [0.15, 0.2) is 46.1 Å². The summed E-state index contributed by atoms with van der Waals surface area (Å²) in [4.78, 5) is 6.90. The van der Waals surface area contributed by atoms with Crippen LogP contribution in [0.5, 0.6) is 11.5 Å². The molecule has 0 amide bonds. The van der Waals surface area contributed by atoms with Gasteiger partial charge in [0, 0.05) is 32.7 Å². The standard InChI is InChI=1S/C22H32N4O2S/c1-17(28-21-7-5-4-6-20(21)27-3)14-24-22(23-2)25-19-8-11-26(12-9-19)15-18-10-13-29-16-18/h4-7,10,13,16-17,19H,8-9,11-12,14-15H2,1-3H3,(H2,23,24,25). The van der Waals surface area contributed by atoms with Gasteiger partial charge in [0.05, 0.1) is 13.7 Å². The van der Waals surface area contributed by atoms with Gasteiger partial charge >= 0.3 is 0 Å². The molecule has 6 nitrogen and oxygen atoms in total. The SMILES string of the molecule is CN=C(NCC(C)Oc1ccccc1OC)NC1CCN(Cc2ccsc2)CC1. The summed E-state index contributed by atoms with van der Waals surface area (Å²) in [5, 5.41) is 11.3. The molecule has 1 aliphatic heterocycles. The first-order chi connectivity index (χ1) is 14.2. The van der Waals surface area contributed by atoms with Crippen LogP contribution in [0.1, 0.15) is 25.3 Å². The molecule has 2 aromatic rings. The van der Waals surface area contributed by atoms with E-state index in [-0.39, 0.29) is 6.10 Å². The predicted octanol–water partition coefficient (Wildman–Crippen LogP) is 3.35. The molecule has 0 radical (unpaired) electrons. The lowest BCUT2D eigenvalue weighted by Crippen LogP contribution is -2.49. The highest BCUT2D eigenvalue weighted by atomic mass is 32.1. The quantitative estimate of drug-likeness (QED) is 0.511. The van der Waals surface area contributed by atoms with Gasteiger partial charge in [0.2, 0.25) is 0 Å². The monoisotopic (exact) mass is 416 g/mol. The second-order valence-electron chi connectivity index (χ2n) is 7.36. The van der Waals surface area contributed by atoms with Gasteiger partial charge in [-0.05, 0) is 54.3 Å². The maximum atomic E-state index is 6.01. The molecule has 2 N–H and O–H groups in total. The lowest BCUT2D eigenvalue weighted by Gasteiger charge is -2.33. The highest BCUT2D eigenvalue weighted by Crippen LogP contribution is 2.26. The molecule has 1 unspecified atom stereocenters. The van der Waals surface area contributed by atoms with Gasteiger partial charge in [0.25, 0.3) is 0 Å². The van der Waals surface area contributed by atoms with Gasteiger partial charge < -0.3 is 20.1 Å². The molecule has 1 aliphatic rings. The minimum atomic E-state index is -0.0164. The van der Waals surface area contributed by atoms with E-state index in [2.05, 4.69) is 37.4 Å². The fourth-order valence-electron chi connectivity index (χ4n) is 3.48. The summed E-state index contributed by atoms with van der Waals surface area (Å²) in [5.41, 5.74) is 1.42. The average molecular weight is 417 g/mol.